The lowest BCUT2D eigenvalue weighted by molar-refractivity contribution is -0.156. The van der Waals surface area contributed by atoms with E-state index >= 15 is 0 Å². The number of aromatic nitrogens is 1. The van der Waals surface area contributed by atoms with Crippen LogP contribution >= 0.6 is 0 Å². The molecule has 0 spiro atoms. The molecule has 116 valence electrons. The number of carbonyl (C=O) groups is 2. The molecular formula is C16H24N2O3. The van der Waals surface area contributed by atoms with E-state index in [1.54, 1.807) is 13.1 Å². The number of carbonyl (C=O) groups excluding carboxylic acids is 2. The number of amides is 1. The van der Waals surface area contributed by atoms with Gasteiger partial charge in [0.05, 0.1) is 18.3 Å². The highest BCUT2D eigenvalue weighted by Gasteiger charge is 2.39. The Balaban J connectivity index is 2.85. The first-order valence-corrected chi connectivity index (χ1v) is 7.15. The Morgan fingerprint density at radius 1 is 1.33 bits per heavy atom. The lowest BCUT2D eigenvalue weighted by Gasteiger charge is -2.28. The molecular weight excluding hydrogens is 268 g/mol. The van der Waals surface area contributed by atoms with Gasteiger partial charge in [-0.25, -0.2) is 0 Å². The van der Waals surface area contributed by atoms with Gasteiger partial charge in [-0.2, -0.15) is 0 Å². The van der Waals surface area contributed by atoms with Crippen molar-refractivity contribution < 1.29 is 14.3 Å². The molecule has 0 bridgehead atoms. The van der Waals surface area contributed by atoms with Crippen molar-refractivity contribution >= 4 is 11.9 Å². The van der Waals surface area contributed by atoms with Crippen molar-refractivity contribution in [2.45, 2.75) is 40.7 Å². The van der Waals surface area contributed by atoms with Crippen molar-refractivity contribution in [2.75, 3.05) is 6.61 Å². The Morgan fingerprint density at radius 2 is 2.00 bits per heavy atom. The number of hydrogen-bond donors (Lipinski definition) is 1. The average Bonchev–Trinajstić information content (AvgIpc) is 2.38. The third kappa shape index (κ3) is 4.85. The van der Waals surface area contributed by atoms with Gasteiger partial charge in [0, 0.05) is 6.20 Å². The van der Waals surface area contributed by atoms with E-state index in [9.17, 15) is 9.59 Å². The predicted molar refractivity (Wildman–Crippen MR) is 80.4 cm³/mol. The molecule has 1 heterocycles. The zero-order valence-electron chi connectivity index (χ0n) is 13.3. The lowest BCUT2D eigenvalue weighted by atomic mass is 9.80. The van der Waals surface area contributed by atoms with E-state index in [1.165, 1.54) is 0 Å². The second kappa shape index (κ2) is 7.20. The van der Waals surface area contributed by atoms with Gasteiger partial charge in [-0.3, -0.25) is 14.6 Å². The Kier molecular flexibility index (Phi) is 5.88. The number of ether oxygens (including phenoxy) is 1. The van der Waals surface area contributed by atoms with Gasteiger partial charge in [0.15, 0.2) is 0 Å². The molecule has 1 rings (SSSR count). The fraction of sp³-hybridized carbons (Fsp3) is 0.562. The van der Waals surface area contributed by atoms with Gasteiger partial charge < -0.3 is 10.1 Å². The summed E-state index contributed by atoms with van der Waals surface area (Å²) in [5.74, 6) is -1.67. The Hall–Kier alpha value is -1.91. The standard InChI is InChI=1S/C16H24N2O3/c1-6-21-15(20)13(16(3,4)5)14(19)18-11(2)12-9-7-8-10-17-12/h7-11,13H,6H2,1-5H3,(H,18,19). The highest BCUT2D eigenvalue weighted by molar-refractivity contribution is 5.98. The van der Waals surface area contributed by atoms with Crippen LogP contribution in [0.15, 0.2) is 24.4 Å². The summed E-state index contributed by atoms with van der Waals surface area (Å²) in [6, 6.07) is 5.24. The molecule has 0 radical (unpaired) electrons. The highest BCUT2D eigenvalue weighted by Crippen LogP contribution is 2.28. The third-order valence-electron chi connectivity index (χ3n) is 3.14. The van der Waals surface area contributed by atoms with Crippen LogP contribution in [0, 0.1) is 11.3 Å². The fourth-order valence-electron chi connectivity index (χ4n) is 2.08. The lowest BCUT2D eigenvalue weighted by Crippen LogP contribution is -2.44. The molecule has 0 fully saturated rings. The van der Waals surface area contributed by atoms with Crippen molar-refractivity contribution in [1.29, 1.82) is 0 Å². The van der Waals surface area contributed by atoms with Gasteiger partial charge in [-0.15, -0.1) is 0 Å². The fourth-order valence-corrected chi connectivity index (χ4v) is 2.08. The first-order chi connectivity index (χ1) is 9.77. The topological polar surface area (TPSA) is 68.3 Å². The first-order valence-electron chi connectivity index (χ1n) is 7.15. The Labute approximate surface area is 126 Å². The third-order valence-corrected chi connectivity index (χ3v) is 3.14. The van der Waals surface area contributed by atoms with Gasteiger partial charge >= 0.3 is 5.97 Å². The molecule has 5 heteroatoms. The molecule has 5 nitrogen and oxygen atoms in total. The molecule has 0 saturated heterocycles. The molecule has 0 aromatic carbocycles. The molecule has 2 atom stereocenters. The van der Waals surface area contributed by atoms with Gasteiger partial charge in [0.25, 0.3) is 0 Å². The maximum Gasteiger partial charge on any atom is 0.319 e. The molecule has 1 aromatic rings. The smallest absolute Gasteiger partial charge is 0.319 e. The molecule has 1 amide bonds. The van der Waals surface area contributed by atoms with Crippen LogP contribution in [0.4, 0.5) is 0 Å². The van der Waals surface area contributed by atoms with Crippen molar-refractivity contribution in [2.24, 2.45) is 11.3 Å². The minimum Gasteiger partial charge on any atom is -0.465 e. The molecule has 0 saturated carbocycles. The first kappa shape index (κ1) is 17.1. The number of pyridine rings is 1. The van der Waals surface area contributed by atoms with Crippen LogP contribution in [0.1, 0.15) is 46.4 Å². The second-order valence-corrected chi connectivity index (χ2v) is 6.04. The minimum atomic E-state index is -0.844. The van der Waals surface area contributed by atoms with Gasteiger partial charge in [0.1, 0.15) is 5.92 Å². The zero-order valence-corrected chi connectivity index (χ0v) is 13.3. The van der Waals surface area contributed by atoms with Crippen LogP contribution in [-0.2, 0) is 14.3 Å². The molecule has 21 heavy (non-hydrogen) atoms. The summed E-state index contributed by atoms with van der Waals surface area (Å²) >= 11 is 0. The molecule has 2 unspecified atom stereocenters. The van der Waals surface area contributed by atoms with Crippen LogP contribution < -0.4 is 5.32 Å². The van der Waals surface area contributed by atoms with Crippen LogP contribution in [0.3, 0.4) is 0 Å². The quantitative estimate of drug-likeness (QED) is 0.668. The summed E-state index contributed by atoms with van der Waals surface area (Å²) in [6.07, 6.45) is 1.67. The van der Waals surface area contributed by atoms with E-state index in [1.807, 2.05) is 45.9 Å². The summed E-state index contributed by atoms with van der Waals surface area (Å²) in [7, 11) is 0. The molecule has 0 aliphatic carbocycles. The van der Waals surface area contributed by atoms with Crippen LogP contribution in [-0.4, -0.2) is 23.5 Å². The zero-order chi connectivity index (χ0) is 16.0. The minimum absolute atomic E-state index is 0.258. The average molecular weight is 292 g/mol. The van der Waals surface area contributed by atoms with Crippen LogP contribution in [0.2, 0.25) is 0 Å². The predicted octanol–water partition coefficient (Wildman–Crippen LogP) is 2.48. The maximum absolute atomic E-state index is 12.5. The normalized spacial score (nSPS) is 14.1. The SMILES string of the molecule is CCOC(=O)C(C(=O)NC(C)c1ccccn1)C(C)(C)C. The summed E-state index contributed by atoms with van der Waals surface area (Å²) in [4.78, 5) is 28.7. The van der Waals surface area contributed by atoms with E-state index in [-0.39, 0.29) is 18.6 Å². The maximum atomic E-state index is 12.5. The van der Waals surface area contributed by atoms with E-state index in [4.69, 9.17) is 4.74 Å². The summed E-state index contributed by atoms with van der Waals surface area (Å²) in [5, 5.41) is 2.84. The monoisotopic (exact) mass is 292 g/mol. The number of nitrogens with one attached hydrogen (secondary N) is 1. The summed E-state index contributed by atoms with van der Waals surface area (Å²) in [6.45, 7) is 9.37. The van der Waals surface area contributed by atoms with Crippen molar-refractivity contribution in [3.8, 4) is 0 Å². The molecule has 0 aliphatic heterocycles. The summed E-state index contributed by atoms with van der Waals surface area (Å²) < 4.78 is 5.02. The van der Waals surface area contributed by atoms with E-state index in [2.05, 4.69) is 10.3 Å². The van der Waals surface area contributed by atoms with Crippen molar-refractivity contribution in [3.05, 3.63) is 30.1 Å². The number of esters is 1. The number of hydrogen-bond acceptors (Lipinski definition) is 4. The number of nitrogens with zero attached hydrogens (tertiary/aromatic N) is 1. The van der Waals surface area contributed by atoms with Gasteiger partial charge in [-0.1, -0.05) is 26.8 Å². The van der Waals surface area contributed by atoms with Gasteiger partial charge in [-0.05, 0) is 31.4 Å². The van der Waals surface area contributed by atoms with Crippen LogP contribution in [0.5, 0.6) is 0 Å². The molecule has 1 aromatic heterocycles. The molecule has 0 aliphatic rings. The summed E-state index contributed by atoms with van der Waals surface area (Å²) in [5.41, 5.74) is 0.238. The highest BCUT2D eigenvalue weighted by atomic mass is 16.5. The van der Waals surface area contributed by atoms with E-state index < -0.39 is 17.3 Å². The largest absolute Gasteiger partial charge is 0.465 e. The second-order valence-electron chi connectivity index (χ2n) is 6.04. The Bertz CT molecular complexity index is 480. The van der Waals surface area contributed by atoms with E-state index in [0.717, 1.165) is 5.69 Å². The van der Waals surface area contributed by atoms with Crippen molar-refractivity contribution in [1.82, 2.24) is 10.3 Å². The molecule has 1 N–H and O–H groups in total. The van der Waals surface area contributed by atoms with Crippen LogP contribution in [0.25, 0.3) is 0 Å². The van der Waals surface area contributed by atoms with Gasteiger partial charge in [0.2, 0.25) is 5.91 Å². The van der Waals surface area contributed by atoms with Crippen molar-refractivity contribution in [3.63, 3.8) is 0 Å². The number of rotatable bonds is 5. The van der Waals surface area contributed by atoms with E-state index in [0.29, 0.717) is 0 Å². The Morgan fingerprint density at radius 3 is 2.48 bits per heavy atom.